The quantitative estimate of drug-likeness (QED) is 0.848. The van der Waals surface area contributed by atoms with Crippen molar-refractivity contribution in [2.45, 2.75) is 31.8 Å². The van der Waals surface area contributed by atoms with Crippen LogP contribution in [0.2, 0.25) is 0 Å². The monoisotopic (exact) mass is 322 g/mol. The SMILES string of the molecule is CCN(C(C)c1ccc(F)cc1)S(=O)(=O)c1cccc(C)n1. The number of sulfonamides is 1. The van der Waals surface area contributed by atoms with E-state index in [-0.39, 0.29) is 10.8 Å². The highest BCUT2D eigenvalue weighted by Gasteiger charge is 2.29. The second-order valence-corrected chi connectivity index (χ2v) is 6.89. The molecule has 22 heavy (non-hydrogen) atoms. The molecule has 1 aromatic heterocycles. The zero-order chi connectivity index (χ0) is 16.3. The van der Waals surface area contributed by atoms with Gasteiger partial charge in [0.1, 0.15) is 5.82 Å². The van der Waals surface area contributed by atoms with E-state index in [1.54, 1.807) is 45.0 Å². The average Bonchev–Trinajstić information content (AvgIpc) is 2.48. The molecule has 0 N–H and O–H groups in total. The van der Waals surface area contributed by atoms with Gasteiger partial charge in [0.25, 0.3) is 10.0 Å². The zero-order valence-corrected chi connectivity index (χ0v) is 13.6. The molecule has 1 atom stereocenters. The average molecular weight is 322 g/mol. The first-order valence-corrected chi connectivity index (χ1v) is 8.51. The van der Waals surface area contributed by atoms with E-state index in [1.807, 2.05) is 0 Å². The minimum atomic E-state index is -3.70. The molecule has 0 aliphatic heterocycles. The fraction of sp³-hybridized carbons (Fsp3) is 0.312. The number of aromatic nitrogens is 1. The van der Waals surface area contributed by atoms with E-state index < -0.39 is 16.1 Å². The molecule has 0 fully saturated rings. The summed E-state index contributed by atoms with van der Waals surface area (Å²) in [6, 6.07) is 10.4. The van der Waals surface area contributed by atoms with E-state index in [9.17, 15) is 12.8 Å². The standard InChI is InChI=1S/C16H19FN2O2S/c1-4-19(13(3)14-8-10-15(17)11-9-14)22(20,21)16-7-5-6-12(2)18-16/h5-11,13H,4H2,1-3H3. The maximum absolute atomic E-state index is 13.0. The van der Waals surface area contributed by atoms with Crippen LogP contribution in [0.1, 0.15) is 31.1 Å². The molecule has 1 heterocycles. The summed E-state index contributed by atoms with van der Waals surface area (Å²) in [6.45, 7) is 5.60. The van der Waals surface area contributed by atoms with Gasteiger partial charge >= 0.3 is 0 Å². The first-order valence-electron chi connectivity index (χ1n) is 7.07. The molecule has 4 nitrogen and oxygen atoms in total. The molecular weight excluding hydrogens is 303 g/mol. The number of hydrogen-bond donors (Lipinski definition) is 0. The van der Waals surface area contributed by atoms with Gasteiger partial charge in [-0.15, -0.1) is 0 Å². The molecule has 1 unspecified atom stereocenters. The summed E-state index contributed by atoms with van der Waals surface area (Å²) in [5.41, 5.74) is 1.38. The summed E-state index contributed by atoms with van der Waals surface area (Å²) in [6.07, 6.45) is 0. The van der Waals surface area contributed by atoms with Gasteiger partial charge in [-0.25, -0.2) is 17.8 Å². The second kappa shape index (κ2) is 6.54. The van der Waals surface area contributed by atoms with E-state index in [4.69, 9.17) is 0 Å². The number of halogens is 1. The van der Waals surface area contributed by atoms with Crippen molar-refractivity contribution in [3.8, 4) is 0 Å². The predicted octanol–water partition coefficient (Wildman–Crippen LogP) is 3.30. The third-order valence-electron chi connectivity index (χ3n) is 3.53. The molecule has 0 saturated heterocycles. The third-order valence-corrected chi connectivity index (χ3v) is 5.48. The first-order chi connectivity index (χ1) is 10.4. The summed E-state index contributed by atoms with van der Waals surface area (Å²) in [4.78, 5) is 4.11. The number of rotatable bonds is 5. The van der Waals surface area contributed by atoms with Crippen LogP contribution >= 0.6 is 0 Å². The van der Waals surface area contributed by atoms with Crippen LogP contribution in [0.3, 0.4) is 0 Å². The molecule has 2 aromatic rings. The Bertz CT molecular complexity index is 745. The van der Waals surface area contributed by atoms with Crippen molar-refractivity contribution >= 4 is 10.0 Å². The molecule has 0 radical (unpaired) electrons. The summed E-state index contributed by atoms with van der Waals surface area (Å²) >= 11 is 0. The van der Waals surface area contributed by atoms with Crippen LogP contribution in [0.4, 0.5) is 4.39 Å². The van der Waals surface area contributed by atoms with Crippen molar-refractivity contribution in [2.75, 3.05) is 6.54 Å². The largest absolute Gasteiger partial charge is 0.261 e. The smallest absolute Gasteiger partial charge is 0.240 e. The Balaban J connectivity index is 2.40. The lowest BCUT2D eigenvalue weighted by Crippen LogP contribution is -2.34. The summed E-state index contributed by atoms with van der Waals surface area (Å²) in [7, 11) is -3.70. The van der Waals surface area contributed by atoms with Gasteiger partial charge < -0.3 is 0 Å². The van der Waals surface area contributed by atoms with Crippen molar-refractivity contribution in [3.05, 3.63) is 59.5 Å². The highest BCUT2D eigenvalue weighted by Crippen LogP contribution is 2.26. The molecule has 0 aliphatic rings. The number of benzene rings is 1. The topological polar surface area (TPSA) is 50.3 Å². The van der Waals surface area contributed by atoms with Crippen LogP contribution in [-0.4, -0.2) is 24.3 Å². The van der Waals surface area contributed by atoms with Gasteiger partial charge in [-0.05, 0) is 43.7 Å². The van der Waals surface area contributed by atoms with Gasteiger partial charge in [-0.3, -0.25) is 0 Å². The molecule has 0 aliphatic carbocycles. The number of aryl methyl sites for hydroxylation is 1. The van der Waals surface area contributed by atoms with Gasteiger partial charge in [0.15, 0.2) is 5.03 Å². The van der Waals surface area contributed by atoms with Gasteiger partial charge in [-0.2, -0.15) is 4.31 Å². The van der Waals surface area contributed by atoms with Crippen LogP contribution in [0.15, 0.2) is 47.5 Å². The van der Waals surface area contributed by atoms with Gasteiger partial charge in [-0.1, -0.05) is 25.1 Å². The second-order valence-electron chi connectivity index (χ2n) is 5.05. The number of hydrogen-bond acceptors (Lipinski definition) is 3. The Morgan fingerprint density at radius 1 is 1.18 bits per heavy atom. The Kier molecular flexibility index (Phi) is 4.93. The Morgan fingerprint density at radius 2 is 1.82 bits per heavy atom. The molecule has 1 aromatic carbocycles. The van der Waals surface area contributed by atoms with Crippen LogP contribution in [0.5, 0.6) is 0 Å². The molecule has 0 amide bonds. The lowest BCUT2D eigenvalue weighted by Gasteiger charge is -2.27. The fourth-order valence-corrected chi connectivity index (χ4v) is 3.97. The maximum Gasteiger partial charge on any atom is 0.261 e. The third kappa shape index (κ3) is 3.34. The maximum atomic E-state index is 13.0. The lowest BCUT2D eigenvalue weighted by atomic mass is 10.1. The summed E-state index contributed by atoms with van der Waals surface area (Å²) < 4.78 is 40.0. The van der Waals surface area contributed by atoms with Gasteiger partial charge in [0.2, 0.25) is 0 Å². The minimum absolute atomic E-state index is 0.0308. The molecule has 0 saturated carbocycles. The highest BCUT2D eigenvalue weighted by atomic mass is 32.2. The summed E-state index contributed by atoms with van der Waals surface area (Å²) in [5.74, 6) is -0.345. The number of pyridine rings is 1. The first kappa shape index (κ1) is 16.6. The van der Waals surface area contributed by atoms with Crippen molar-refractivity contribution in [1.29, 1.82) is 0 Å². The van der Waals surface area contributed by atoms with Crippen molar-refractivity contribution in [1.82, 2.24) is 9.29 Å². The van der Waals surface area contributed by atoms with Crippen LogP contribution < -0.4 is 0 Å². The predicted molar refractivity (Wildman–Crippen MR) is 83.4 cm³/mol. The Hall–Kier alpha value is -1.79. The van der Waals surface area contributed by atoms with Crippen LogP contribution in [-0.2, 0) is 10.0 Å². The van der Waals surface area contributed by atoms with Crippen LogP contribution in [0, 0.1) is 12.7 Å². The van der Waals surface area contributed by atoms with Gasteiger partial charge in [0, 0.05) is 18.3 Å². The Labute approximate surface area is 130 Å². The molecule has 6 heteroatoms. The molecule has 118 valence electrons. The summed E-state index contributed by atoms with van der Waals surface area (Å²) in [5, 5.41) is 0.0308. The molecular formula is C16H19FN2O2S. The molecule has 0 bridgehead atoms. The Morgan fingerprint density at radius 3 is 2.36 bits per heavy atom. The normalized spacial score (nSPS) is 13.3. The lowest BCUT2D eigenvalue weighted by molar-refractivity contribution is 0.355. The number of nitrogens with zero attached hydrogens (tertiary/aromatic N) is 2. The van der Waals surface area contributed by atoms with E-state index in [1.165, 1.54) is 22.5 Å². The van der Waals surface area contributed by atoms with E-state index in [2.05, 4.69) is 4.98 Å². The highest BCUT2D eigenvalue weighted by molar-refractivity contribution is 7.89. The minimum Gasteiger partial charge on any atom is -0.240 e. The van der Waals surface area contributed by atoms with Crippen LogP contribution in [0.25, 0.3) is 0 Å². The van der Waals surface area contributed by atoms with Gasteiger partial charge in [0.05, 0.1) is 0 Å². The molecule has 0 spiro atoms. The fourth-order valence-electron chi connectivity index (χ4n) is 2.34. The van der Waals surface area contributed by atoms with Crippen molar-refractivity contribution < 1.29 is 12.8 Å². The molecule has 2 rings (SSSR count). The van der Waals surface area contributed by atoms with E-state index >= 15 is 0 Å². The van der Waals surface area contributed by atoms with Crippen molar-refractivity contribution in [3.63, 3.8) is 0 Å². The van der Waals surface area contributed by atoms with E-state index in [0.29, 0.717) is 12.2 Å². The zero-order valence-electron chi connectivity index (χ0n) is 12.8. The van der Waals surface area contributed by atoms with Crippen molar-refractivity contribution in [2.24, 2.45) is 0 Å². The van der Waals surface area contributed by atoms with E-state index in [0.717, 1.165) is 5.56 Å².